The van der Waals surface area contributed by atoms with Crippen molar-refractivity contribution in [1.29, 1.82) is 0 Å². The normalized spacial score (nSPS) is 14.6. The largest absolute Gasteiger partial charge is 0.496 e. The van der Waals surface area contributed by atoms with Gasteiger partial charge in [-0.1, -0.05) is 38.1 Å². The highest BCUT2D eigenvalue weighted by molar-refractivity contribution is 6.04. The fourth-order valence-corrected chi connectivity index (χ4v) is 4.07. The zero-order valence-corrected chi connectivity index (χ0v) is 16.9. The Bertz CT molecular complexity index is 997. The average Bonchev–Trinajstić information content (AvgIpc) is 3.17. The maximum absolute atomic E-state index is 13.0. The summed E-state index contributed by atoms with van der Waals surface area (Å²) >= 11 is 0. The molecule has 1 N–H and O–H groups in total. The lowest BCUT2D eigenvalue weighted by molar-refractivity contribution is 0.0719. The highest BCUT2D eigenvalue weighted by Crippen LogP contribution is 2.37. The summed E-state index contributed by atoms with van der Waals surface area (Å²) in [5, 5.41) is 1.06. The van der Waals surface area contributed by atoms with Gasteiger partial charge in [-0.05, 0) is 54.5 Å². The van der Waals surface area contributed by atoms with Gasteiger partial charge >= 0.3 is 0 Å². The second-order valence-corrected chi connectivity index (χ2v) is 7.92. The predicted octanol–water partition coefficient (Wildman–Crippen LogP) is 5.59. The quantitative estimate of drug-likeness (QED) is 0.645. The van der Waals surface area contributed by atoms with Gasteiger partial charge in [0.15, 0.2) is 0 Å². The van der Waals surface area contributed by atoms with Gasteiger partial charge in [-0.15, -0.1) is 0 Å². The zero-order valence-electron chi connectivity index (χ0n) is 16.9. The molecule has 1 amide bonds. The Morgan fingerprint density at radius 1 is 1.04 bits per heavy atom. The zero-order chi connectivity index (χ0) is 19.7. The number of nitrogens with one attached hydrogen (secondary N) is 1. The first-order valence-electron chi connectivity index (χ1n) is 10.2. The first-order chi connectivity index (χ1) is 13.6. The van der Waals surface area contributed by atoms with Crippen LogP contribution in [0, 0.1) is 0 Å². The molecule has 146 valence electrons. The first-order valence-corrected chi connectivity index (χ1v) is 10.2. The molecule has 0 saturated carbocycles. The van der Waals surface area contributed by atoms with Crippen molar-refractivity contribution in [2.45, 2.75) is 39.0 Å². The summed E-state index contributed by atoms with van der Waals surface area (Å²) in [7, 11) is 1.70. The number of carbonyl (C=O) groups is 1. The number of methoxy groups -OCH3 is 1. The number of fused-ring (bicyclic) bond motifs is 1. The summed E-state index contributed by atoms with van der Waals surface area (Å²) in [6.45, 7) is 6.08. The molecule has 28 heavy (non-hydrogen) atoms. The van der Waals surface area contributed by atoms with Gasteiger partial charge in [-0.3, -0.25) is 4.79 Å². The van der Waals surface area contributed by atoms with Crippen molar-refractivity contribution in [3.8, 4) is 16.9 Å². The molecule has 0 unspecified atom stereocenters. The van der Waals surface area contributed by atoms with E-state index in [1.807, 2.05) is 29.2 Å². The fourth-order valence-electron chi connectivity index (χ4n) is 4.07. The second-order valence-electron chi connectivity index (χ2n) is 7.92. The van der Waals surface area contributed by atoms with Crippen molar-refractivity contribution in [2.24, 2.45) is 0 Å². The van der Waals surface area contributed by atoms with Crippen LogP contribution in [0.15, 0.2) is 42.5 Å². The number of hydrogen-bond donors (Lipinski definition) is 1. The molecule has 0 bridgehead atoms. The number of H-pyrrole nitrogens is 1. The number of aromatic amines is 1. The smallest absolute Gasteiger partial charge is 0.270 e. The standard InChI is InChI=1S/C24H28N2O2/c1-16(2)17-13-19(18-9-5-6-10-23(18)28-3)20-15-22(25-21(20)14-17)24(27)26-11-7-4-8-12-26/h5-6,9-10,13-16,25H,4,7-8,11-12H2,1-3H3. The Hall–Kier alpha value is -2.75. The number of amides is 1. The summed E-state index contributed by atoms with van der Waals surface area (Å²) in [6.07, 6.45) is 3.40. The summed E-state index contributed by atoms with van der Waals surface area (Å²) in [5.41, 5.74) is 5.08. The monoisotopic (exact) mass is 376 g/mol. The minimum Gasteiger partial charge on any atom is -0.496 e. The van der Waals surface area contributed by atoms with Crippen molar-refractivity contribution < 1.29 is 9.53 Å². The predicted molar refractivity (Wildman–Crippen MR) is 114 cm³/mol. The molecule has 4 rings (SSSR count). The van der Waals surface area contributed by atoms with Crippen LogP contribution in [0.4, 0.5) is 0 Å². The van der Waals surface area contributed by atoms with E-state index in [-0.39, 0.29) is 5.91 Å². The molecular formula is C24H28N2O2. The van der Waals surface area contributed by atoms with Crippen molar-refractivity contribution in [2.75, 3.05) is 20.2 Å². The molecule has 2 heterocycles. The number of rotatable bonds is 4. The molecule has 1 aromatic heterocycles. The average molecular weight is 377 g/mol. The van der Waals surface area contributed by atoms with Crippen LogP contribution in [-0.2, 0) is 0 Å². The minimum absolute atomic E-state index is 0.105. The third-order valence-electron chi connectivity index (χ3n) is 5.70. The molecule has 1 fully saturated rings. The summed E-state index contributed by atoms with van der Waals surface area (Å²) in [6, 6.07) is 14.5. The molecule has 1 aliphatic rings. The Labute approximate surface area is 166 Å². The van der Waals surface area contributed by atoms with E-state index < -0.39 is 0 Å². The Balaban J connectivity index is 1.86. The fraction of sp³-hybridized carbons (Fsp3) is 0.375. The molecule has 4 nitrogen and oxygen atoms in total. The number of nitrogens with zero attached hydrogens (tertiary/aromatic N) is 1. The van der Waals surface area contributed by atoms with Gasteiger partial charge in [0.1, 0.15) is 11.4 Å². The maximum Gasteiger partial charge on any atom is 0.270 e. The number of carbonyl (C=O) groups excluding carboxylic acids is 1. The van der Waals surface area contributed by atoms with Gasteiger partial charge in [0.05, 0.1) is 7.11 Å². The lowest BCUT2D eigenvalue weighted by Gasteiger charge is -2.26. The van der Waals surface area contributed by atoms with Crippen molar-refractivity contribution in [3.05, 3.63) is 53.7 Å². The van der Waals surface area contributed by atoms with Gasteiger partial charge < -0.3 is 14.6 Å². The molecule has 3 aromatic rings. The van der Waals surface area contributed by atoms with Crippen molar-refractivity contribution >= 4 is 16.8 Å². The van der Waals surface area contributed by atoms with E-state index in [1.54, 1.807) is 7.11 Å². The van der Waals surface area contributed by atoms with E-state index in [2.05, 4.69) is 37.0 Å². The topological polar surface area (TPSA) is 45.3 Å². The number of likely N-dealkylation sites (tertiary alicyclic amines) is 1. The van der Waals surface area contributed by atoms with Crippen LogP contribution in [0.5, 0.6) is 5.75 Å². The number of aromatic nitrogens is 1. The maximum atomic E-state index is 13.0. The van der Waals surface area contributed by atoms with E-state index in [1.165, 1.54) is 12.0 Å². The Morgan fingerprint density at radius 3 is 2.50 bits per heavy atom. The van der Waals surface area contributed by atoms with Gasteiger partial charge in [-0.2, -0.15) is 0 Å². The molecule has 0 radical (unpaired) electrons. The third-order valence-corrected chi connectivity index (χ3v) is 5.70. The minimum atomic E-state index is 0.105. The van der Waals surface area contributed by atoms with Gasteiger partial charge in [0.2, 0.25) is 0 Å². The molecule has 1 saturated heterocycles. The molecule has 4 heteroatoms. The van der Waals surface area contributed by atoms with Gasteiger partial charge in [-0.25, -0.2) is 0 Å². The van der Waals surface area contributed by atoms with E-state index in [9.17, 15) is 4.79 Å². The Kier molecular flexibility index (Phi) is 5.12. The van der Waals surface area contributed by atoms with Crippen LogP contribution in [0.1, 0.15) is 55.1 Å². The van der Waals surface area contributed by atoms with Crippen LogP contribution in [-0.4, -0.2) is 36.0 Å². The second kappa shape index (κ2) is 7.70. The van der Waals surface area contributed by atoms with Crippen LogP contribution in [0.3, 0.4) is 0 Å². The number of ether oxygens (including phenoxy) is 1. The van der Waals surface area contributed by atoms with E-state index >= 15 is 0 Å². The third kappa shape index (κ3) is 3.39. The molecule has 2 aromatic carbocycles. The van der Waals surface area contributed by atoms with Crippen LogP contribution in [0.2, 0.25) is 0 Å². The van der Waals surface area contributed by atoms with E-state index in [0.29, 0.717) is 11.6 Å². The lowest BCUT2D eigenvalue weighted by Crippen LogP contribution is -2.35. The SMILES string of the molecule is COc1ccccc1-c1cc(C(C)C)cc2[nH]c(C(=O)N3CCCCC3)cc12. The van der Waals surface area contributed by atoms with E-state index in [4.69, 9.17) is 4.74 Å². The number of benzene rings is 2. The number of para-hydroxylation sites is 1. The number of piperidine rings is 1. The summed E-state index contributed by atoms with van der Waals surface area (Å²) in [5.74, 6) is 1.34. The van der Waals surface area contributed by atoms with Crippen LogP contribution < -0.4 is 4.74 Å². The Morgan fingerprint density at radius 2 is 1.79 bits per heavy atom. The van der Waals surface area contributed by atoms with Crippen molar-refractivity contribution in [1.82, 2.24) is 9.88 Å². The summed E-state index contributed by atoms with van der Waals surface area (Å²) in [4.78, 5) is 18.4. The summed E-state index contributed by atoms with van der Waals surface area (Å²) < 4.78 is 5.61. The molecule has 0 aliphatic carbocycles. The molecule has 0 atom stereocenters. The van der Waals surface area contributed by atoms with Crippen molar-refractivity contribution in [3.63, 3.8) is 0 Å². The van der Waals surface area contributed by atoms with Gasteiger partial charge in [0, 0.05) is 29.6 Å². The first kappa shape index (κ1) is 18.6. The number of hydrogen-bond acceptors (Lipinski definition) is 2. The highest BCUT2D eigenvalue weighted by atomic mass is 16.5. The van der Waals surface area contributed by atoms with E-state index in [0.717, 1.165) is 53.7 Å². The molecular weight excluding hydrogens is 348 g/mol. The van der Waals surface area contributed by atoms with Crippen LogP contribution in [0.25, 0.3) is 22.0 Å². The molecule has 0 spiro atoms. The lowest BCUT2D eigenvalue weighted by atomic mass is 9.94. The van der Waals surface area contributed by atoms with Gasteiger partial charge in [0.25, 0.3) is 5.91 Å². The van der Waals surface area contributed by atoms with Crippen LogP contribution >= 0.6 is 0 Å². The highest BCUT2D eigenvalue weighted by Gasteiger charge is 2.21. The molecule has 1 aliphatic heterocycles.